The van der Waals surface area contributed by atoms with Gasteiger partial charge in [-0.2, -0.15) is 0 Å². The molecule has 3 rings (SSSR count). The number of ether oxygens (including phenoxy) is 1. The molecule has 2 N–H and O–H groups in total. The molecule has 5 atom stereocenters. The summed E-state index contributed by atoms with van der Waals surface area (Å²) in [7, 11) is 0. The molecule has 0 amide bonds. The molecule has 4 nitrogen and oxygen atoms in total. The summed E-state index contributed by atoms with van der Waals surface area (Å²) in [5.41, 5.74) is -0.716. The van der Waals surface area contributed by atoms with E-state index in [4.69, 9.17) is 4.74 Å². The molecule has 4 heteroatoms. The third-order valence-corrected chi connectivity index (χ3v) is 5.55. The highest BCUT2D eigenvalue weighted by molar-refractivity contribution is 5.91. The minimum atomic E-state index is -1.29. The highest BCUT2D eigenvalue weighted by Gasteiger charge is 2.66. The molecular weight excluding hydrogens is 244 g/mol. The highest BCUT2D eigenvalue weighted by Crippen LogP contribution is 2.58. The minimum Gasteiger partial charge on any atom is -0.455 e. The summed E-state index contributed by atoms with van der Waals surface area (Å²) < 4.78 is 5.39. The predicted octanol–water partition coefficient (Wildman–Crippen LogP) is 1.33. The van der Waals surface area contributed by atoms with Crippen molar-refractivity contribution in [1.29, 1.82) is 0 Å². The average molecular weight is 264 g/mol. The molecular formula is C15H20O4. The minimum absolute atomic E-state index is 0.140. The first-order valence-corrected chi connectivity index (χ1v) is 6.80. The summed E-state index contributed by atoms with van der Waals surface area (Å²) in [6.07, 6.45) is 2.54. The molecule has 0 aromatic carbocycles. The van der Waals surface area contributed by atoms with Gasteiger partial charge < -0.3 is 14.9 Å². The molecule has 104 valence electrons. The molecule has 1 heterocycles. The zero-order valence-corrected chi connectivity index (χ0v) is 11.3. The van der Waals surface area contributed by atoms with Crippen LogP contribution in [-0.4, -0.2) is 34.0 Å². The average Bonchev–Trinajstić information content (AvgIpc) is 2.66. The molecule has 1 saturated carbocycles. The zero-order chi connectivity index (χ0) is 14.0. The Balaban J connectivity index is 2.13. The Labute approximate surface area is 112 Å². The maximum Gasteiger partial charge on any atom is 0.334 e. The molecule has 1 aliphatic heterocycles. The SMILES string of the molecule is C=C1C(=O)O[C@H]2[C@H]1CC[C@@]1(C)[C@H](O)CC=C(C)[C@]21O. The number of aliphatic hydroxyl groups is 2. The summed E-state index contributed by atoms with van der Waals surface area (Å²) in [5.74, 6) is -0.556. The van der Waals surface area contributed by atoms with Gasteiger partial charge in [0, 0.05) is 16.9 Å². The molecule has 2 aliphatic carbocycles. The lowest BCUT2D eigenvalue weighted by Gasteiger charge is -2.57. The van der Waals surface area contributed by atoms with Gasteiger partial charge >= 0.3 is 5.97 Å². The molecule has 0 spiro atoms. The van der Waals surface area contributed by atoms with Crippen molar-refractivity contribution in [3.05, 3.63) is 23.8 Å². The zero-order valence-electron chi connectivity index (χ0n) is 11.3. The van der Waals surface area contributed by atoms with E-state index < -0.39 is 29.2 Å². The molecule has 1 saturated heterocycles. The van der Waals surface area contributed by atoms with Gasteiger partial charge in [-0.15, -0.1) is 0 Å². The third-order valence-electron chi connectivity index (χ3n) is 5.55. The first kappa shape index (κ1) is 12.9. The van der Waals surface area contributed by atoms with E-state index in [0.717, 1.165) is 12.0 Å². The van der Waals surface area contributed by atoms with Crippen LogP contribution in [0.2, 0.25) is 0 Å². The van der Waals surface area contributed by atoms with Crippen LogP contribution in [-0.2, 0) is 9.53 Å². The second-order valence-corrected chi connectivity index (χ2v) is 6.32. The molecule has 0 bridgehead atoms. The van der Waals surface area contributed by atoms with Crippen LogP contribution in [0.15, 0.2) is 23.8 Å². The van der Waals surface area contributed by atoms with Gasteiger partial charge in [0.1, 0.15) is 11.7 Å². The molecule has 0 unspecified atom stereocenters. The lowest BCUT2D eigenvalue weighted by Crippen LogP contribution is -2.66. The van der Waals surface area contributed by atoms with E-state index in [9.17, 15) is 15.0 Å². The van der Waals surface area contributed by atoms with Crippen molar-refractivity contribution in [3.63, 3.8) is 0 Å². The van der Waals surface area contributed by atoms with Crippen LogP contribution in [0.25, 0.3) is 0 Å². The van der Waals surface area contributed by atoms with Gasteiger partial charge in [-0.3, -0.25) is 0 Å². The number of carbonyl (C=O) groups is 1. The summed E-state index contributed by atoms with van der Waals surface area (Å²) in [5, 5.41) is 21.6. The Hall–Kier alpha value is -1.13. The van der Waals surface area contributed by atoms with E-state index in [1.165, 1.54) is 0 Å². The van der Waals surface area contributed by atoms with Crippen LogP contribution in [0.4, 0.5) is 0 Å². The Kier molecular flexibility index (Phi) is 2.51. The van der Waals surface area contributed by atoms with Gasteiger partial charge in [-0.25, -0.2) is 4.79 Å². The van der Waals surface area contributed by atoms with E-state index in [1.807, 2.05) is 19.9 Å². The molecule has 3 aliphatic rings. The van der Waals surface area contributed by atoms with Crippen LogP contribution < -0.4 is 0 Å². The summed E-state index contributed by atoms with van der Waals surface area (Å²) >= 11 is 0. The Morgan fingerprint density at radius 2 is 2.21 bits per heavy atom. The van der Waals surface area contributed by atoms with Crippen LogP contribution >= 0.6 is 0 Å². The van der Waals surface area contributed by atoms with E-state index in [1.54, 1.807) is 0 Å². The Morgan fingerprint density at radius 3 is 2.89 bits per heavy atom. The number of carbonyl (C=O) groups excluding carboxylic acids is 1. The molecule has 0 radical (unpaired) electrons. The van der Waals surface area contributed by atoms with Crippen molar-refractivity contribution in [2.45, 2.75) is 50.9 Å². The number of hydrogen-bond donors (Lipinski definition) is 2. The van der Waals surface area contributed by atoms with Crippen molar-refractivity contribution in [1.82, 2.24) is 0 Å². The summed E-state index contributed by atoms with van der Waals surface area (Å²) in [4.78, 5) is 11.7. The van der Waals surface area contributed by atoms with Gasteiger partial charge in [0.2, 0.25) is 0 Å². The van der Waals surface area contributed by atoms with Gasteiger partial charge in [-0.05, 0) is 31.8 Å². The van der Waals surface area contributed by atoms with Gasteiger partial charge in [0.05, 0.1) is 6.10 Å². The predicted molar refractivity (Wildman–Crippen MR) is 69.2 cm³/mol. The number of hydrogen-bond acceptors (Lipinski definition) is 4. The highest BCUT2D eigenvalue weighted by atomic mass is 16.6. The van der Waals surface area contributed by atoms with Gasteiger partial charge in [0.25, 0.3) is 0 Å². The first-order valence-electron chi connectivity index (χ1n) is 6.80. The van der Waals surface area contributed by atoms with Crippen molar-refractivity contribution >= 4 is 5.97 Å². The standard InChI is InChI=1S/C15H20O4/c1-8-4-5-11(16)14(3)7-6-10-9(2)13(17)19-12(10)15(8,14)18/h4,10-12,16,18H,2,5-7H2,1,3H3/t10-,11+,12-,14-,15-/m0/s1. The van der Waals surface area contributed by atoms with E-state index in [-0.39, 0.29) is 5.92 Å². The van der Waals surface area contributed by atoms with E-state index in [2.05, 4.69) is 6.58 Å². The molecule has 0 aromatic heterocycles. The molecule has 0 aromatic rings. The monoisotopic (exact) mass is 264 g/mol. The quantitative estimate of drug-likeness (QED) is 0.393. The van der Waals surface area contributed by atoms with Crippen LogP contribution in [0.5, 0.6) is 0 Å². The maximum atomic E-state index is 11.7. The van der Waals surface area contributed by atoms with E-state index in [0.29, 0.717) is 18.4 Å². The third kappa shape index (κ3) is 1.33. The second kappa shape index (κ2) is 3.70. The van der Waals surface area contributed by atoms with Crippen molar-refractivity contribution in [3.8, 4) is 0 Å². The fraction of sp³-hybridized carbons (Fsp3) is 0.667. The number of esters is 1. The lowest BCUT2D eigenvalue weighted by atomic mass is 9.52. The van der Waals surface area contributed by atoms with Crippen molar-refractivity contribution in [2.24, 2.45) is 11.3 Å². The second-order valence-electron chi connectivity index (χ2n) is 6.32. The summed E-state index contributed by atoms with van der Waals surface area (Å²) in [6, 6.07) is 0. The number of aliphatic hydroxyl groups excluding tert-OH is 1. The number of rotatable bonds is 0. The van der Waals surface area contributed by atoms with Crippen LogP contribution in [0.3, 0.4) is 0 Å². The first-order chi connectivity index (χ1) is 8.82. The Morgan fingerprint density at radius 1 is 1.53 bits per heavy atom. The number of fused-ring (bicyclic) bond motifs is 3. The van der Waals surface area contributed by atoms with Crippen molar-refractivity contribution < 1.29 is 19.7 Å². The van der Waals surface area contributed by atoms with Gasteiger partial charge in [0.15, 0.2) is 0 Å². The lowest BCUT2D eigenvalue weighted by molar-refractivity contribution is -0.208. The fourth-order valence-corrected chi connectivity index (χ4v) is 4.08. The van der Waals surface area contributed by atoms with Crippen molar-refractivity contribution in [2.75, 3.05) is 0 Å². The molecule has 2 fully saturated rings. The van der Waals surface area contributed by atoms with E-state index >= 15 is 0 Å². The van der Waals surface area contributed by atoms with Gasteiger partial charge in [-0.1, -0.05) is 19.6 Å². The van der Waals surface area contributed by atoms with Crippen LogP contribution in [0, 0.1) is 11.3 Å². The smallest absolute Gasteiger partial charge is 0.334 e. The Bertz CT molecular complexity index is 494. The maximum absolute atomic E-state index is 11.7. The largest absolute Gasteiger partial charge is 0.455 e. The summed E-state index contributed by atoms with van der Waals surface area (Å²) in [6.45, 7) is 7.52. The van der Waals surface area contributed by atoms with Crippen LogP contribution in [0.1, 0.15) is 33.1 Å². The normalized spacial score (nSPS) is 49.3. The molecule has 19 heavy (non-hydrogen) atoms. The fourth-order valence-electron chi connectivity index (χ4n) is 4.08. The topological polar surface area (TPSA) is 66.8 Å².